The number of fused-ring (bicyclic) bond motifs is 2. The topological polar surface area (TPSA) is 18.5 Å². The lowest BCUT2D eigenvalue weighted by Gasteiger charge is -2.36. The lowest BCUT2D eigenvalue weighted by atomic mass is 10.0. The van der Waals surface area contributed by atoms with Crippen LogP contribution >= 0.6 is 34.8 Å². The minimum atomic E-state index is -0.886. The van der Waals surface area contributed by atoms with E-state index in [-0.39, 0.29) is 5.92 Å². The van der Waals surface area contributed by atoms with Gasteiger partial charge in [0.25, 0.3) is 0 Å². The number of rotatable bonds is 2. The van der Waals surface area contributed by atoms with Crippen LogP contribution in [0.1, 0.15) is 12.8 Å². The molecule has 2 atom stereocenters. The minimum Gasteiger partial charge on any atom is -0.351 e. The maximum absolute atomic E-state index is 6.44. The molecule has 0 aliphatic heterocycles. The highest BCUT2D eigenvalue weighted by Crippen LogP contribution is 2.64. The molecule has 0 spiro atoms. The van der Waals surface area contributed by atoms with Crippen molar-refractivity contribution in [3.63, 3.8) is 0 Å². The zero-order valence-electron chi connectivity index (χ0n) is 7.94. The Morgan fingerprint density at radius 1 is 1.29 bits per heavy atom. The molecule has 2 nitrogen and oxygen atoms in total. The summed E-state index contributed by atoms with van der Waals surface area (Å²) < 4.78 is 10.8. The quantitative estimate of drug-likeness (QED) is 0.559. The highest BCUT2D eigenvalue weighted by molar-refractivity contribution is 6.46. The summed E-state index contributed by atoms with van der Waals surface area (Å²) in [7, 11) is 3.14. The number of hydrogen-bond donors (Lipinski definition) is 0. The average molecular weight is 258 g/mol. The van der Waals surface area contributed by atoms with Crippen molar-refractivity contribution in [3.8, 4) is 0 Å². The molecule has 14 heavy (non-hydrogen) atoms. The second kappa shape index (κ2) is 3.26. The molecule has 0 N–H and O–H groups in total. The van der Waals surface area contributed by atoms with Crippen LogP contribution in [0.4, 0.5) is 0 Å². The molecular formula is C9H11Cl3O2. The predicted octanol–water partition coefficient (Wildman–Crippen LogP) is 3.07. The predicted molar refractivity (Wildman–Crippen MR) is 56.8 cm³/mol. The normalized spacial score (nSPS) is 39.6. The molecule has 1 saturated carbocycles. The van der Waals surface area contributed by atoms with Crippen molar-refractivity contribution in [2.75, 3.05) is 14.2 Å². The van der Waals surface area contributed by atoms with Gasteiger partial charge in [-0.25, -0.2) is 0 Å². The largest absolute Gasteiger partial charge is 0.351 e. The summed E-state index contributed by atoms with van der Waals surface area (Å²) in [5.74, 6) is -0.924. The van der Waals surface area contributed by atoms with E-state index in [1.807, 2.05) is 0 Å². The van der Waals surface area contributed by atoms with Gasteiger partial charge in [0, 0.05) is 19.3 Å². The molecule has 0 unspecified atom stereocenters. The van der Waals surface area contributed by atoms with E-state index < -0.39 is 10.7 Å². The molecule has 1 fully saturated rings. The van der Waals surface area contributed by atoms with Crippen LogP contribution in [0.5, 0.6) is 0 Å². The van der Waals surface area contributed by atoms with Gasteiger partial charge >= 0.3 is 0 Å². The molecule has 2 aliphatic carbocycles. The Morgan fingerprint density at radius 2 is 1.86 bits per heavy atom. The van der Waals surface area contributed by atoms with Crippen LogP contribution in [0.3, 0.4) is 0 Å². The van der Waals surface area contributed by atoms with Gasteiger partial charge in [0.1, 0.15) is 4.87 Å². The molecule has 0 aromatic rings. The second-order valence-corrected chi connectivity index (χ2v) is 5.06. The monoisotopic (exact) mass is 256 g/mol. The molecule has 2 aliphatic rings. The van der Waals surface area contributed by atoms with Crippen LogP contribution < -0.4 is 0 Å². The summed E-state index contributed by atoms with van der Waals surface area (Å²) in [6.07, 6.45) is 1.58. The van der Waals surface area contributed by atoms with Crippen molar-refractivity contribution in [1.82, 2.24) is 0 Å². The standard InChI is InChI=1S/C9H11Cl3O2/c1-13-9(14-2)5-3-4-8(9,12)7(11)6(5)10/h5H,3-4H2,1-2H3/t5-,8-/m1/s1. The smallest absolute Gasteiger partial charge is 0.200 e. The van der Waals surface area contributed by atoms with Gasteiger partial charge in [-0.05, 0) is 12.8 Å². The lowest BCUT2D eigenvalue weighted by molar-refractivity contribution is -0.223. The van der Waals surface area contributed by atoms with Gasteiger partial charge in [-0.1, -0.05) is 23.2 Å². The summed E-state index contributed by atoms with van der Waals surface area (Å²) in [5.41, 5.74) is 0. The molecule has 5 heteroatoms. The van der Waals surface area contributed by atoms with Crippen molar-refractivity contribution in [1.29, 1.82) is 0 Å². The molecule has 0 amide bonds. The number of methoxy groups -OCH3 is 2. The first-order valence-corrected chi connectivity index (χ1v) is 5.51. The Bertz CT molecular complexity index is 298. The van der Waals surface area contributed by atoms with Crippen LogP contribution in [0, 0.1) is 5.92 Å². The van der Waals surface area contributed by atoms with E-state index in [0.717, 1.165) is 12.8 Å². The second-order valence-electron chi connectivity index (χ2n) is 3.63. The number of hydrogen-bond acceptors (Lipinski definition) is 2. The first-order chi connectivity index (χ1) is 6.53. The molecule has 0 saturated heterocycles. The fourth-order valence-electron chi connectivity index (χ4n) is 2.57. The average Bonchev–Trinajstić information content (AvgIpc) is 2.56. The van der Waals surface area contributed by atoms with Gasteiger partial charge < -0.3 is 9.47 Å². The van der Waals surface area contributed by atoms with Gasteiger partial charge in [-0.2, -0.15) is 0 Å². The highest BCUT2D eigenvalue weighted by atomic mass is 35.5. The number of alkyl halides is 1. The Morgan fingerprint density at radius 3 is 2.14 bits per heavy atom. The summed E-state index contributed by atoms with van der Waals surface area (Å²) in [4.78, 5) is -0.806. The van der Waals surface area contributed by atoms with Crippen LogP contribution in [0.2, 0.25) is 0 Å². The third-order valence-electron chi connectivity index (χ3n) is 3.26. The maximum Gasteiger partial charge on any atom is 0.200 e. The van der Waals surface area contributed by atoms with E-state index in [1.54, 1.807) is 14.2 Å². The van der Waals surface area contributed by atoms with E-state index in [1.165, 1.54) is 0 Å². The fourth-order valence-corrected chi connectivity index (χ4v) is 3.89. The van der Waals surface area contributed by atoms with Crippen molar-refractivity contribution < 1.29 is 9.47 Å². The van der Waals surface area contributed by atoms with Crippen molar-refractivity contribution in [3.05, 3.63) is 10.1 Å². The maximum atomic E-state index is 6.44. The van der Waals surface area contributed by atoms with Crippen LogP contribution in [-0.4, -0.2) is 24.9 Å². The number of ether oxygens (including phenoxy) is 2. The Balaban J connectivity index is 2.53. The zero-order valence-corrected chi connectivity index (χ0v) is 10.2. The van der Waals surface area contributed by atoms with Gasteiger partial charge in [-0.3, -0.25) is 0 Å². The summed E-state index contributed by atoms with van der Waals surface area (Å²) >= 11 is 18.6. The van der Waals surface area contributed by atoms with E-state index in [9.17, 15) is 0 Å². The van der Waals surface area contributed by atoms with Gasteiger partial charge in [0.05, 0.1) is 11.0 Å². The summed E-state index contributed by atoms with van der Waals surface area (Å²) in [6.45, 7) is 0. The zero-order chi connectivity index (χ0) is 10.6. The lowest BCUT2D eigenvalue weighted by Crippen LogP contribution is -2.49. The van der Waals surface area contributed by atoms with Gasteiger partial charge in [0.15, 0.2) is 5.79 Å². The van der Waals surface area contributed by atoms with E-state index in [2.05, 4.69) is 0 Å². The molecular weight excluding hydrogens is 246 g/mol. The highest BCUT2D eigenvalue weighted by Gasteiger charge is 2.69. The van der Waals surface area contributed by atoms with E-state index in [4.69, 9.17) is 44.3 Å². The first-order valence-electron chi connectivity index (χ1n) is 4.38. The molecule has 0 heterocycles. The van der Waals surface area contributed by atoms with Crippen molar-refractivity contribution in [2.24, 2.45) is 5.92 Å². The Kier molecular flexibility index (Phi) is 2.57. The minimum absolute atomic E-state index is 0.0378. The molecule has 2 rings (SSSR count). The molecule has 80 valence electrons. The molecule has 0 aromatic carbocycles. The summed E-state index contributed by atoms with van der Waals surface area (Å²) in [5, 5.41) is 1.05. The van der Waals surface area contributed by atoms with E-state index >= 15 is 0 Å². The molecule has 0 aromatic heterocycles. The fraction of sp³-hybridized carbons (Fsp3) is 0.778. The number of halogens is 3. The van der Waals surface area contributed by atoms with Crippen LogP contribution in [0.25, 0.3) is 0 Å². The molecule has 0 radical (unpaired) electrons. The first kappa shape index (κ1) is 11.0. The van der Waals surface area contributed by atoms with E-state index in [0.29, 0.717) is 10.1 Å². The Labute approximate surface area is 98.1 Å². The third-order valence-corrected chi connectivity index (χ3v) is 5.07. The van der Waals surface area contributed by atoms with Crippen LogP contribution in [0.15, 0.2) is 10.1 Å². The van der Waals surface area contributed by atoms with Crippen molar-refractivity contribution >= 4 is 34.8 Å². The van der Waals surface area contributed by atoms with Gasteiger partial charge in [0.2, 0.25) is 0 Å². The SMILES string of the molecule is COC1(OC)[C@@H]2CC[C@@]1(Cl)C(Cl)=C2Cl. The molecule has 2 bridgehead atoms. The van der Waals surface area contributed by atoms with Crippen LogP contribution in [-0.2, 0) is 9.47 Å². The summed E-state index contributed by atoms with van der Waals surface area (Å²) in [6, 6.07) is 0. The third kappa shape index (κ3) is 0.966. The van der Waals surface area contributed by atoms with Crippen molar-refractivity contribution in [2.45, 2.75) is 23.5 Å². The van der Waals surface area contributed by atoms with Gasteiger partial charge in [-0.15, -0.1) is 11.6 Å². The Hall–Kier alpha value is 0.530.